The first-order valence-corrected chi connectivity index (χ1v) is 9.59. The van der Waals surface area contributed by atoms with Crippen LogP contribution in [0.25, 0.3) is 0 Å². The van der Waals surface area contributed by atoms with E-state index in [2.05, 4.69) is 42.1 Å². The number of benzene rings is 3. The number of carbonyl (C=O) groups is 1. The molecule has 0 radical (unpaired) electrons. The van der Waals surface area contributed by atoms with E-state index in [9.17, 15) is 9.90 Å². The van der Waals surface area contributed by atoms with Crippen LogP contribution in [0.2, 0.25) is 0 Å². The Hall–Kier alpha value is -2.57. The van der Waals surface area contributed by atoms with Gasteiger partial charge in [0, 0.05) is 21.2 Å². The maximum absolute atomic E-state index is 12.9. The number of hydrogen-bond donors (Lipinski definition) is 1. The van der Waals surface area contributed by atoms with Crippen LogP contribution < -0.4 is 0 Å². The Morgan fingerprint density at radius 3 is 2.11 bits per heavy atom. The molecule has 3 aromatic carbocycles. The van der Waals surface area contributed by atoms with Crippen molar-refractivity contribution in [2.75, 3.05) is 0 Å². The average Bonchev–Trinajstić information content (AvgIpc) is 2.69. The molecule has 0 bridgehead atoms. The largest absolute Gasteiger partial charge is 0.506 e. The van der Waals surface area contributed by atoms with Gasteiger partial charge in [0.25, 0.3) is 0 Å². The quantitative estimate of drug-likeness (QED) is 0.289. The molecule has 6 heteroatoms. The van der Waals surface area contributed by atoms with E-state index in [1.165, 1.54) is 6.21 Å². The number of phenolic OH excluding ortho intramolecular Hbond substituents is 1. The molecule has 0 unspecified atom stereocenters. The average molecular weight is 486 g/mol. The fraction of sp³-hybridized carbons (Fsp3) is 0. The minimum absolute atomic E-state index is 0.0489. The molecule has 0 aliphatic heterocycles. The van der Waals surface area contributed by atoms with Crippen LogP contribution in [0, 0.1) is 0 Å². The van der Waals surface area contributed by atoms with Gasteiger partial charge in [0.1, 0.15) is 11.5 Å². The second kappa shape index (κ2) is 8.88. The number of Topliss-reactive ketones (excluding diaryl/α,β-unsaturated/α-hetero) is 1. The van der Waals surface area contributed by atoms with E-state index in [-0.39, 0.29) is 17.2 Å². The van der Waals surface area contributed by atoms with E-state index in [1.807, 2.05) is 36.4 Å². The van der Waals surface area contributed by atoms with Crippen LogP contribution in [0.3, 0.4) is 0 Å². The second-order valence-electron chi connectivity index (χ2n) is 5.58. The Morgan fingerprint density at radius 1 is 0.889 bits per heavy atom. The Bertz CT molecular complexity index is 1020. The predicted molar refractivity (Wildman–Crippen MR) is 115 cm³/mol. The normalized spacial score (nSPS) is 11.7. The number of halogens is 2. The van der Waals surface area contributed by atoms with Crippen LogP contribution in [0.4, 0.5) is 0 Å². The highest BCUT2D eigenvalue weighted by Crippen LogP contribution is 2.30. The molecule has 0 saturated carbocycles. The van der Waals surface area contributed by atoms with Gasteiger partial charge in [-0.1, -0.05) is 76.6 Å². The summed E-state index contributed by atoms with van der Waals surface area (Å²) in [5, 5.41) is 18.3. The van der Waals surface area contributed by atoms with Gasteiger partial charge >= 0.3 is 0 Å². The first kappa shape index (κ1) is 19.2. The number of carbonyl (C=O) groups excluding carboxylic acids is 1. The maximum atomic E-state index is 12.9. The van der Waals surface area contributed by atoms with Crippen molar-refractivity contribution in [3.05, 3.63) is 98.4 Å². The third kappa shape index (κ3) is 4.78. The van der Waals surface area contributed by atoms with Crippen LogP contribution in [0.5, 0.6) is 5.75 Å². The molecule has 0 aromatic heterocycles. The Kier molecular flexibility index (Phi) is 6.32. The monoisotopic (exact) mass is 484 g/mol. The van der Waals surface area contributed by atoms with Crippen LogP contribution in [-0.4, -0.2) is 22.8 Å². The van der Waals surface area contributed by atoms with Gasteiger partial charge in [0.15, 0.2) is 0 Å². The van der Waals surface area contributed by atoms with E-state index in [0.717, 1.165) is 4.47 Å². The van der Waals surface area contributed by atoms with Crippen molar-refractivity contribution in [3.63, 3.8) is 0 Å². The number of ketones is 1. The van der Waals surface area contributed by atoms with Gasteiger partial charge in [-0.3, -0.25) is 4.79 Å². The lowest BCUT2D eigenvalue weighted by Gasteiger charge is -2.05. The highest BCUT2D eigenvalue weighted by Gasteiger charge is 2.16. The molecule has 0 amide bonds. The summed E-state index contributed by atoms with van der Waals surface area (Å²) in [6.45, 7) is 0. The maximum Gasteiger partial charge on any atom is 0.213 e. The van der Waals surface area contributed by atoms with Crippen LogP contribution in [0.15, 0.2) is 91.9 Å². The molecule has 4 nitrogen and oxygen atoms in total. The predicted octanol–water partition coefficient (Wildman–Crippen LogP) is 5.62. The first-order chi connectivity index (χ1) is 13.1. The zero-order chi connectivity index (χ0) is 19.2. The Morgan fingerprint density at radius 2 is 1.48 bits per heavy atom. The SMILES string of the molecule is O=C(C(=N/N=C/c1cc(Br)cc(Br)c1O)c1ccccc1)c1ccccc1. The van der Waals surface area contributed by atoms with E-state index in [0.29, 0.717) is 21.2 Å². The van der Waals surface area contributed by atoms with Gasteiger partial charge in [-0.25, -0.2) is 0 Å². The summed E-state index contributed by atoms with van der Waals surface area (Å²) in [4.78, 5) is 12.9. The molecule has 134 valence electrons. The lowest BCUT2D eigenvalue weighted by atomic mass is 10.0. The third-order valence-corrected chi connectivity index (χ3v) is 4.77. The lowest BCUT2D eigenvalue weighted by Crippen LogP contribution is -2.15. The van der Waals surface area contributed by atoms with Crippen molar-refractivity contribution in [2.45, 2.75) is 0 Å². The molecule has 0 aliphatic carbocycles. The molecule has 0 fully saturated rings. The van der Waals surface area contributed by atoms with Gasteiger partial charge in [-0.2, -0.15) is 5.10 Å². The zero-order valence-electron chi connectivity index (χ0n) is 14.0. The van der Waals surface area contributed by atoms with Crippen molar-refractivity contribution in [1.29, 1.82) is 0 Å². The van der Waals surface area contributed by atoms with E-state index < -0.39 is 0 Å². The fourth-order valence-electron chi connectivity index (χ4n) is 2.39. The summed E-state index contributed by atoms with van der Waals surface area (Å²) >= 11 is 6.64. The second-order valence-corrected chi connectivity index (χ2v) is 7.35. The van der Waals surface area contributed by atoms with Gasteiger partial charge in [-0.15, -0.1) is 5.10 Å². The molecule has 27 heavy (non-hydrogen) atoms. The summed E-state index contributed by atoms with van der Waals surface area (Å²) in [5.74, 6) is -0.175. The summed E-state index contributed by atoms with van der Waals surface area (Å²) in [6, 6.07) is 21.5. The van der Waals surface area contributed by atoms with Crippen molar-refractivity contribution in [1.82, 2.24) is 0 Å². The molecule has 0 saturated heterocycles. The van der Waals surface area contributed by atoms with Crippen LogP contribution in [0.1, 0.15) is 21.5 Å². The lowest BCUT2D eigenvalue weighted by molar-refractivity contribution is 0.106. The topological polar surface area (TPSA) is 62.0 Å². The van der Waals surface area contributed by atoms with Crippen LogP contribution in [-0.2, 0) is 0 Å². The first-order valence-electron chi connectivity index (χ1n) is 8.00. The standard InChI is InChI=1S/C21H14Br2N2O2/c22-17-11-16(20(26)18(23)12-17)13-24-25-19(14-7-3-1-4-8-14)21(27)15-9-5-2-6-10-15/h1-13,26H/b24-13+,25-19?. The minimum atomic E-state index is -0.224. The van der Waals surface area contributed by atoms with E-state index >= 15 is 0 Å². The van der Waals surface area contributed by atoms with Crippen LogP contribution >= 0.6 is 31.9 Å². The molecule has 0 heterocycles. The van der Waals surface area contributed by atoms with Gasteiger partial charge in [0.05, 0.1) is 10.7 Å². The molecular formula is C21H14Br2N2O2. The zero-order valence-corrected chi connectivity index (χ0v) is 17.2. The van der Waals surface area contributed by atoms with Gasteiger partial charge in [0.2, 0.25) is 5.78 Å². The van der Waals surface area contributed by atoms with Crippen molar-refractivity contribution < 1.29 is 9.90 Å². The van der Waals surface area contributed by atoms with Gasteiger partial charge < -0.3 is 5.11 Å². The number of phenols is 1. The number of nitrogens with zero attached hydrogens (tertiary/aromatic N) is 2. The summed E-state index contributed by atoms with van der Waals surface area (Å²) in [6.07, 6.45) is 1.41. The van der Waals surface area contributed by atoms with Crippen molar-refractivity contribution in [2.24, 2.45) is 10.2 Å². The molecule has 3 aromatic rings. The Labute approximate surface area is 173 Å². The molecule has 3 rings (SSSR count). The number of aromatic hydroxyl groups is 1. The third-order valence-electron chi connectivity index (χ3n) is 3.71. The van der Waals surface area contributed by atoms with Crippen molar-refractivity contribution >= 4 is 49.6 Å². The number of rotatable bonds is 5. The molecule has 0 aliphatic rings. The summed E-state index contributed by atoms with van der Waals surface area (Å²) in [5.41, 5.74) is 1.90. The van der Waals surface area contributed by atoms with E-state index in [1.54, 1.807) is 36.4 Å². The van der Waals surface area contributed by atoms with Gasteiger partial charge in [-0.05, 0) is 28.1 Å². The van der Waals surface area contributed by atoms with Crippen molar-refractivity contribution in [3.8, 4) is 5.75 Å². The molecule has 1 N–H and O–H groups in total. The fourth-order valence-corrected chi connectivity index (χ4v) is 3.65. The Balaban J connectivity index is 2.00. The van der Waals surface area contributed by atoms with E-state index in [4.69, 9.17) is 0 Å². The minimum Gasteiger partial charge on any atom is -0.506 e. The molecule has 0 atom stereocenters. The summed E-state index contributed by atoms with van der Waals surface area (Å²) < 4.78 is 1.31. The smallest absolute Gasteiger partial charge is 0.213 e. The molecule has 0 spiro atoms. The summed E-state index contributed by atoms with van der Waals surface area (Å²) in [7, 11) is 0. The number of hydrogen-bond acceptors (Lipinski definition) is 4. The highest BCUT2D eigenvalue weighted by molar-refractivity contribution is 9.11. The molecular weight excluding hydrogens is 472 g/mol. The highest BCUT2D eigenvalue weighted by atomic mass is 79.9.